The Labute approximate surface area is 118 Å². The van der Waals surface area contributed by atoms with Crippen molar-refractivity contribution in [3.05, 3.63) is 20.9 Å². The van der Waals surface area contributed by atoms with Gasteiger partial charge in [0.15, 0.2) is 0 Å². The van der Waals surface area contributed by atoms with Crippen LogP contribution in [0.4, 0.5) is 0 Å². The van der Waals surface area contributed by atoms with Gasteiger partial charge in [0, 0.05) is 11.8 Å². The van der Waals surface area contributed by atoms with Crippen molar-refractivity contribution in [3.63, 3.8) is 0 Å². The molecule has 18 heavy (non-hydrogen) atoms. The summed E-state index contributed by atoms with van der Waals surface area (Å²) >= 11 is 13.5. The fourth-order valence-corrected chi connectivity index (χ4v) is 3.79. The summed E-state index contributed by atoms with van der Waals surface area (Å²) in [5, 5.41) is 9.18. The van der Waals surface area contributed by atoms with Crippen LogP contribution in [-0.2, 0) is 17.6 Å². The second kappa shape index (κ2) is 5.38. The van der Waals surface area contributed by atoms with Crippen LogP contribution in [0.5, 0.6) is 0 Å². The summed E-state index contributed by atoms with van der Waals surface area (Å²) < 4.78 is 0. The van der Waals surface area contributed by atoms with Gasteiger partial charge >= 0.3 is 0 Å². The Kier molecular flexibility index (Phi) is 4.04. The first-order valence-corrected chi connectivity index (χ1v) is 6.89. The van der Waals surface area contributed by atoms with Crippen molar-refractivity contribution in [3.8, 4) is 0 Å². The number of nitrogens with zero attached hydrogens (tertiary/aromatic N) is 2. The molecule has 0 unspecified atom stereocenters. The van der Waals surface area contributed by atoms with E-state index in [0.717, 1.165) is 30.0 Å². The molecule has 2 aromatic rings. The van der Waals surface area contributed by atoms with Gasteiger partial charge in [-0.2, -0.15) is 0 Å². The summed E-state index contributed by atoms with van der Waals surface area (Å²) in [6, 6.07) is 0. The highest BCUT2D eigenvalue weighted by Crippen LogP contribution is 2.39. The van der Waals surface area contributed by atoms with Crippen LogP contribution in [0, 0.1) is 0 Å². The average Bonchev–Trinajstić information content (AvgIpc) is 2.74. The van der Waals surface area contributed by atoms with Crippen LogP contribution >= 0.6 is 34.5 Å². The maximum Gasteiger partial charge on any atom is 0.300 e. The minimum absolute atomic E-state index is 0.238. The molecule has 2 aromatic heterocycles. The summed E-state index contributed by atoms with van der Waals surface area (Å²) in [6.45, 7) is 1.08. The molecule has 1 N–H and O–H groups in total. The van der Waals surface area contributed by atoms with Gasteiger partial charge in [-0.25, -0.2) is 9.97 Å². The zero-order chi connectivity index (χ0) is 13.3. The van der Waals surface area contributed by atoms with E-state index in [1.54, 1.807) is 11.3 Å². The summed E-state index contributed by atoms with van der Waals surface area (Å²) in [7, 11) is 0. The van der Waals surface area contributed by atoms with Gasteiger partial charge in [-0.15, -0.1) is 11.3 Å². The maximum absolute atomic E-state index is 9.00. The third-order valence-corrected chi connectivity index (χ3v) is 4.12. The van der Waals surface area contributed by atoms with Crippen molar-refractivity contribution in [2.24, 2.45) is 0 Å². The highest BCUT2D eigenvalue weighted by molar-refractivity contribution is 7.19. The van der Waals surface area contributed by atoms with Crippen LogP contribution in [-0.4, -0.2) is 21.0 Å². The van der Waals surface area contributed by atoms with E-state index in [0.29, 0.717) is 5.15 Å². The molecule has 0 radical (unpaired) electrons. The maximum atomic E-state index is 9.00. The number of carboxylic acids is 1. The van der Waals surface area contributed by atoms with Gasteiger partial charge in [0.25, 0.3) is 5.97 Å². The quantitative estimate of drug-likeness (QED) is 0.597. The van der Waals surface area contributed by atoms with Crippen LogP contribution in [0.2, 0.25) is 10.4 Å². The first-order chi connectivity index (χ1) is 8.49. The van der Waals surface area contributed by atoms with E-state index in [1.165, 1.54) is 16.9 Å². The number of aryl methyl sites for hydroxylation is 2. The number of carbonyl (C=O) groups is 1. The van der Waals surface area contributed by atoms with Gasteiger partial charge in [-0.05, 0) is 36.4 Å². The lowest BCUT2D eigenvalue weighted by atomic mass is 10.2. The first kappa shape index (κ1) is 13.5. The number of thiophene rings is 1. The molecule has 0 saturated heterocycles. The molecule has 4 nitrogen and oxygen atoms in total. The second-order valence-electron chi connectivity index (χ2n) is 3.84. The van der Waals surface area contributed by atoms with E-state index < -0.39 is 5.97 Å². The van der Waals surface area contributed by atoms with Crippen molar-refractivity contribution in [2.75, 3.05) is 0 Å². The highest BCUT2D eigenvalue weighted by atomic mass is 35.5. The second-order valence-corrected chi connectivity index (χ2v) is 5.62. The molecule has 1 aliphatic carbocycles. The van der Waals surface area contributed by atoms with E-state index in [-0.39, 0.29) is 5.28 Å². The molecule has 7 heteroatoms. The van der Waals surface area contributed by atoms with Crippen molar-refractivity contribution in [1.29, 1.82) is 0 Å². The minimum Gasteiger partial charge on any atom is -0.481 e. The SMILES string of the molecule is CC(=O)O.Clc1nc(Cl)c2c3c(sc2n1)CCC3. The monoisotopic (exact) mass is 304 g/mol. The molecule has 3 rings (SSSR count). The number of carboxylic acid groups (broad SMARTS) is 1. The van der Waals surface area contributed by atoms with Gasteiger partial charge in [0.2, 0.25) is 5.28 Å². The summed E-state index contributed by atoms with van der Waals surface area (Å²) in [6.07, 6.45) is 3.46. The van der Waals surface area contributed by atoms with Crippen LogP contribution in [0.25, 0.3) is 10.2 Å². The number of fused-ring (bicyclic) bond motifs is 3. The van der Waals surface area contributed by atoms with Crippen molar-refractivity contribution < 1.29 is 9.90 Å². The highest BCUT2D eigenvalue weighted by Gasteiger charge is 2.21. The van der Waals surface area contributed by atoms with Crippen LogP contribution in [0.15, 0.2) is 0 Å². The third kappa shape index (κ3) is 2.74. The zero-order valence-corrected chi connectivity index (χ0v) is 11.9. The molecule has 96 valence electrons. The van der Waals surface area contributed by atoms with E-state index in [1.807, 2.05) is 0 Å². The van der Waals surface area contributed by atoms with Crippen LogP contribution < -0.4 is 0 Å². The van der Waals surface area contributed by atoms with Crippen molar-refractivity contribution in [1.82, 2.24) is 9.97 Å². The molecular formula is C11H10Cl2N2O2S. The number of rotatable bonds is 0. The Balaban J connectivity index is 0.000000267. The largest absolute Gasteiger partial charge is 0.481 e. The third-order valence-electron chi connectivity index (χ3n) is 2.49. The lowest BCUT2D eigenvalue weighted by Gasteiger charge is -1.96. The molecule has 0 bridgehead atoms. The predicted octanol–water partition coefficient (Wildman–Crippen LogP) is 3.58. The number of hydrogen-bond donors (Lipinski definition) is 1. The molecule has 0 aliphatic heterocycles. The topological polar surface area (TPSA) is 63.1 Å². The Morgan fingerprint density at radius 3 is 2.67 bits per heavy atom. The van der Waals surface area contributed by atoms with Crippen LogP contribution in [0.1, 0.15) is 23.8 Å². The summed E-state index contributed by atoms with van der Waals surface area (Å²) in [5.41, 5.74) is 1.34. The lowest BCUT2D eigenvalue weighted by molar-refractivity contribution is -0.134. The zero-order valence-electron chi connectivity index (χ0n) is 9.54. The van der Waals surface area contributed by atoms with E-state index in [4.69, 9.17) is 33.1 Å². The normalized spacial score (nSPS) is 13.1. The smallest absolute Gasteiger partial charge is 0.300 e. The summed E-state index contributed by atoms with van der Waals surface area (Å²) in [5.74, 6) is -0.833. The fourth-order valence-electron chi connectivity index (χ4n) is 1.93. The molecule has 0 amide bonds. The molecule has 0 saturated carbocycles. The van der Waals surface area contributed by atoms with Gasteiger partial charge in [-0.3, -0.25) is 4.79 Å². The predicted molar refractivity (Wildman–Crippen MR) is 72.8 cm³/mol. The summed E-state index contributed by atoms with van der Waals surface area (Å²) in [4.78, 5) is 19.5. The average molecular weight is 305 g/mol. The van der Waals surface area contributed by atoms with Gasteiger partial charge in [0.05, 0.1) is 5.39 Å². The molecule has 0 aromatic carbocycles. The molecule has 0 spiro atoms. The minimum atomic E-state index is -0.833. The van der Waals surface area contributed by atoms with Gasteiger partial charge < -0.3 is 5.11 Å². The van der Waals surface area contributed by atoms with Crippen molar-refractivity contribution >= 4 is 50.7 Å². The number of halogens is 2. The van der Waals surface area contributed by atoms with E-state index in [2.05, 4.69) is 9.97 Å². The lowest BCUT2D eigenvalue weighted by Crippen LogP contribution is -1.85. The van der Waals surface area contributed by atoms with Crippen molar-refractivity contribution in [2.45, 2.75) is 26.2 Å². The Hall–Kier alpha value is -0.910. The Morgan fingerprint density at radius 1 is 1.33 bits per heavy atom. The molecule has 2 heterocycles. The molecular weight excluding hydrogens is 295 g/mol. The first-order valence-electron chi connectivity index (χ1n) is 5.32. The molecule has 1 aliphatic rings. The van der Waals surface area contributed by atoms with Gasteiger partial charge in [-0.1, -0.05) is 11.6 Å². The van der Waals surface area contributed by atoms with E-state index >= 15 is 0 Å². The standard InChI is InChI=1S/C9H6Cl2N2S.C2H4O2/c10-7-6-4-2-1-3-5(4)14-8(6)13-9(11)12-7;1-2(3)4/h1-3H2;1H3,(H,3,4). The van der Waals surface area contributed by atoms with E-state index in [9.17, 15) is 0 Å². The number of aliphatic carboxylic acids is 1. The van der Waals surface area contributed by atoms with Crippen LogP contribution in [0.3, 0.4) is 0 Å². The molecule has 0 fully saturated rings. The number of aromatic nitrogens is 2. The fraction of sp³-hybridized carbons (Fsp3) is 0.364. The Morgan fingerprint density at radius 2 is 2.00 bits per heavy atom. The molecule has 0 atom stereocenters. The Bertz CT molecular complexity index is 609. The van der Waals surface area contributed by atoms with Gasteiger partial charge in [0.1, 0.15) is 9.98 Å². The number of hydrogen-bond acceptors (Lipinski definition) is 4.